The molecule has 0 saturated carbocycles. The van der Waals surface area contributed by atoms with Crippen molar-refractivity contribution in [3.63, 3.8) is 0 Å². The van der Waals surface area contributed by atoms with Crippen molar-refractivity contribution < 1.29 is 23.8 Å². The Morgan fingerprint density at radius 3 is 2.61 bits per heavy atom. The van der Waals surface area contributed by atoms with Crippen molar-refractivity contribution in [1.82, 2.24) is 0 Å². The lowest BCUT2D eigenvalue weighted by Crippen LogP contribution is -2.27. The van der Waals surface area contributed by atoms with Gasteiger partial charge in [-0.05, 0) is 31.0 Å². The predicted octanol–water partition coefficient (Wildman–Crippen LogP) is 4.20. The average Bonchev–Trinajstić information content (AvgIpc) is 2.69. The molecule has 0 unspecified atom stereocenters. The highest BCUT2D eigenvalue weighted by Crippen LogP contribution is 2.42. The minimum atomic E-state index is -0.324. The molecule has 28 heavy (non-hydrogen) atoms. The summed E-state index contributed by atoms with van der Waals surface area (Å²) >= 11 is 0. The van der Waals surface area contributed by atoms with Crippen molar-refractivity contribution >= 4 is 11.6 Å². The van der Waals surface area contributed by atoms with Gasteiger partial charge in [-0.2, -0.15) is 0 Å². The molecule has 2 atom stereocenters. The van der Waals surface area contributed by atoms with E-state index >= 15 is 0 Å². The molecule has 0 saturated heterocycles. The lowest BCUT2D eigenvalue weighted by molar-refractivity contribution is -0.00563. The fraction of sp³-hybridized carbons (Fsp3) is 0.304. The van der Waals surface area contributed by atoms with Gasteiger partial charge < -0.3 is 14.2 Å². The Labute approximate surface area is 163 Å². The first-order chi connectivity index (χ1) is 13.5. The molecule has 0 N–H and O–H groups in total. The maximum Gasteiger partial charge on any atom is 0.232 e. The van der Waals surface area contributed by atoms with Gasteiger partial charge in [0.25, 0.3) is 0 Å². The minimum Gasteiger partial charge on any atom is -0.492 e. The molecule has 5 heteroatoms. The van der Waals surface area contributed by atoms with Gasteiger partial charge in [0.15, 0.2) is 11.5 Å². The van der Waals surface area contributed by atoms with Crippen LogP contribution < -0.4 is 4.74 Å². The van der Waals surface area contributed by atoms with E-state index in [-0.39, 0.29) is 29.5 Å². The Morgan fingerprint density at radius 2 is 1.89 bits per heavy atom. The number of ketones is 2. The molecule has 5 nitrogen and oxygen atoms in total. The topological polar surface area (TPSA) is 61.8 Å². The molecule has 0 aromatic heterocycles. The van der Waals surface area contributed by atoms with Crippen LogP contribution >= 0.6 is 0 Å². The second-order valence-electron chi connectivity index (χ2n) is 7.17. The molecule has 0 fully saturated rings. The standard InChI is InChI=1S/C23H22O5/c1-13-9-17-16(14(2)28-13)10-18-19(24)11-20(26-3)22(25)21(18)23(17)27-12-15-7-5-4-6-8-15/h4-8,10-11,13-14H,9,12H2,1-3H3/t13-,14+/m0/s1. The summed E-state index contributed by atoms with van der Waals surface area (Å²) in [6.45, 7) is 4.25. The third kappa shape index (κ3) is 3.12. The van der Waals surface area contributed by atoms with E-state index in [1.807, 2.05) is 44.2 Å². The fourth-order valence-electron chi connectivity index (χ4n) is 3.90. The van der Waals surface area contributed by atoms with Crippen molar-refractivity contribution in [3.8, 4) is 5.75 Å². The molecule has 2 aliphatic rings. The molecule has 0 radical (unpaired) electrons. The SMILES string of the molecule is COC1=CC(=O)c2cc3c(c(OCc4ccccc4)c2C1=O)C[C@H](C)O[C@@H]3C. The smallest absolute Gasteiger partial charge is 0.232 e. The highest BCUT2D eigenvalue weighted by atomic mass is 16.5. The summed E-state index contributed by atoms with van der Waals surface area (Å²) in [5.41, 5.74) is 3.45. The molecule has 1 aliphatic carbocycles. The second kappa shape index (κ2) is 7.24. The highest BCUT2D eigenvalue weighted by molar-refractivity contribution is 6.25. The zero-order valence-corrected chi connectivity index (χ0v) is 16.2. The average molecular weight is 378 g/mol. The molecule has 2 aromatic carbocycles. The van der Waals surface area contributed by atoms with Crippen LogP contribution in [0.15, 0.2) is 48.2 Å². The van der Waals surface area contributed by atoms with Gasteiger partial charge in [-0.15, -0.1) is 0 Å². The number of rotatable bonds is 4. The lowest BCUT2D eigenvalue weighted by atomic mass is 9.84. The van der Waals surface area contributed by atoms with Crippen LogP contribution in [0.4, 0.5) is 0 Å². The number of carbonyl (C=O) groups excluding carboxylic acids is 2. The third-order valence-electron chi connectivity index (χ3n) is 5.21. The van der Waals surface area contributed by atoms with E-state index in [1.165, 1.54) is 13.2 Å². The van der Waals surface area contributed by atoms with Gasteiger partial charge in [0.05, 0.1) is 24.9 Å². The zero-order chi connectivity index (χ0) is 19.8. The molecule has 1 aliphatic heterocycles. The van der Waals surface area contributed by atoms with Crippen molar-refractivity contribution in [3.05, 3.63) is 76.1 Å². The predicted molar refractivity (Wildman–Crippen MR) is 104 cm³/mol. The minimum absolute atomic E-state index is 0.00791. The van der Waals surface area contributed by atoms with E-state index in [9.17, 15) is 9.59 Å². The normalized spacial score (nSPS) is 20.9. The summed E-state index contributed by atoms with van der Waals surface area (Å²) in [5, 5.41) is 0. The Balaban J connectivity index is 1.87. The number of hydrogen-bond donors (Lipinski definition) is 0. The first kappa shape index (κ1) is 18.4. The van der Waals surface area contributed by atoms with E-state index < -0.39 is 0 Å². The van der Waals surface area contributed by atoms with Crippen molar-refractivity contribution in [2.24, 2.45) is 0 Å². The van der Waals surface area contributed by atoms with Crippen LogP contribution in [0.25, 0.3) is 0 Å². The van der Waals surface area contributed by atoms with Gasteiger partial charge in [0.2, 0.25) is 5.78 Å². The number of allylic oxidation sites excluding steroid dienone is 2. The van der Waals surface area contributed by atoms with Crippen LogP contribution in [-0.2, 0) is 22.5 Å². The number of benzene rings is 2. The largest absolute Gasteiger partial charge is 0.492 e. The number of carbonyl (C=O) groups is 2. The number of hydrogen-bond acceptors (Lipinski definition) is 5. The molecule has 0 spiro atoms. The summed E-state index contributed by atoms with van der Waals surface area (Å²) in [5.74, 6) is -0.0751. The molecular weight excluding hydrogens is 356 g/mol. The summed E-state index contributed by atoms with van der Waals surface area (Å²) < 4.78 is 17.3. The van der Waals surface area contributed by atoms with Crippen LogP contribution in [0.3, 0.4) is 0 Å². The van der Waals surface area contributed by atoms with Crippen molar-refractivity contribution in [1.29, 1.82) is 0 Å². The van der Waals surface area contributed by atoms with Gasteiger partial charge in [-0.25, -0.2) is 0 Å². The Kier molecular flexibility index (Phi) is 4.77. The number of ether oxygens (including phenoxy) is 3. The summed E-state index contributed by atoms with van der Waals surface area (Å²) in [7, 11) is 1.39. The van der Waals surface area contributed by atoms with Crippen molar-refractivity contribution in [2.75, 3.05) is 7.11 Å². The van der Waals surface area contributed by atoms with Gasteiger partial charge in [-0.3, -0.25) is 9.59 Å². The molecule has 4 rings (SSSR count). The summed E-state index contributed by atoms with van der Waals surface area (Å²) in [6.07, 6.45) is 1.67. The zero-order valence-electron chi connectivity index (χ0n) is 16.2. The molecule has 1 heterocycles. The van der Waals surface area contributed by atoms with Gasteiger partial charge in [-0.1, -0.05) is 30.3 Å². The molecule has 144 valence electrons. The first-order valence-electron chi connectivity index (χ1n) is 9.36. The lowest BCUT2D eigenvalue weighted by Gasteiger charge is -2.32. The molecular formula is C23H22O5. The van der Waals surface area contributed by atoms with Crippen LogP contribution in [0.1, 0.15) is 57.4 Å². The quantitative estimate of drug-likeness (QED) is 0.798. The summed E-state index contributed by atoms with van der Waals surface area (Å²) in [6, 6.07) is 11.5. The molecule has 0 amide bonds. The van der Waals surface area contributed by atoms with Crippen LogP contribution in [0.5, 0.6) is 5.75 Å². The van der Waals surface area contributed by atoms with Crippen LogP contribution in [-0.4, -0.2) is 24.8 Å². The van der Waals surface area contributed by atoms with E-state index in [2.05, 4.69) is 0 Å². The Bertz CT molecular complexity index is 974. The fourth-order valence-corrected chi connectivity index (χ4v) is 3.90. The van der Waals surface area contributed by atoms with Gasteiger partial charge in [0.1, 0.15) is 12.4 Å². The number of Topliss-reactive ketones (excluding diaryl/α,β-unsaturated/α-hetero) is 1. The van der Waals surface area contributed by atoms with Crippen LogP contribution in [0.2, 0.25) is 0 Å². The highest BCUT2D eigenvalue weighted by Gasteiger charge is 2.36. The third-order valence-corrected chi connectivity index (χ3v) is 5.21. The van der Waals surface area contributed by atoms with Crippen LogP contribution in [0, 0.1) is 0 Å². The Hall–Kier alpha value is -2.92. The van der Waals surface area contributed by atoms with Gasteiger partial charge >= 0.3 is 0 Å². The monoisotopic (exact) mass is 378 g/mol. The molecule has 0 bridgehead atoms. The first-order valence-corrected chi connectivity index (χ1v) is 9.36. The molecule has 2 aromatic rings. The summed E-state index contributed by atoms with van der Waals surface area (Å²) in [4.78, 5) is 25.7. The van der Waals surface area contributed by atoms with E-state index in [0.29, 0.717) is 29.9 Å². The van der Waals surface area contributed by atoms with E-state index in [4.69, 9.17) is 14.2 Å². The number of methoxy groups -OCH3 is 1. The van der Waals surface area contributed by atoms with E-state index in [1.54, 1.807) is 6.07 Å². The Morgan fingerprint density at radius 1 is 1.14 bits per heavy atom. The van der Waals surface area contributed by atoms with Crippen molar-refractivity contribution in [2.45, 2.75) is 39.1 Å². The number of fused-ring (bicyclic) bond motifs is 2. The van der Waals surface area contributed by atoms with E-state index in [0.717, 1.165) is 16.7 Å². The maximum absolute atomic E-state index is 13.0. The maximum atomic E-state index is 13.0. The van der Waals surface area contributed by atoms with Gasteiger partial charge in [0, 0.05) is 23.6 Å². The second-order valence-corrected chi connectivity index (χ2v) is 7.17.